The molecule has 5 nitrogen and oxygen atoms in total. The summed E-state index contributed by atoms with van der Waals surface area (Å²) in [5.74, 6) is 0.717. The monoisotopic (exact) mass is 285 g/mol. The summed E-state index contributed by atoms with van der Waals surface area (Å²) in [6.45, 7) is 4.06. The summed E-state index contributed by atoms with van der Waals surface area (Å²) in [5, 5.41) is 10.9. The normalized spacial score (nSPS) is 16.6. The number of furan rings is 1. The van der Waals surface area contributed by atoms with E-state index < -0.39 is 4.92 Å². The van der Waals surface area contributed by atoms with E-state index in [2.05, 4.69) is 0 Å². The lowest BCUT2D eigenvalue weighted by molar-refractivity contribution is -0.384. The number of nitro groups is 1. The van der Waals surface area contributed by atoms with Crippen LogP contribution in [0.5, 0.6) is 0 Å². The van der Waals surface area contributed by atoms with Crippen molar-refractivity contribution in [2.24, 2.45) is 5.41 Å². The quantitative estimate of drug-likeness (QED) is 0.617. The molecule has 0 aliphatic heterocycles. The van der Waals surface area contributed by atoms with E-state index in [1.165, 1.54) is 18.4 Å². The first kappa shape index (κ1) is 13.5. The number of nitrogens with zero attached hydrogens (tertiary/aromatic N) is 1. The first-order chi connectivity index (χ1) is 9.87. The van der Waals surface area contributed by atoms with Crippen LogP contribution in [0.25, 0.3) is 11.1 Å². The van der Waals surface area contributed by atoms with Crippen LogP contribution in [0.4, 0.5) is 5.69 Å². The number of nitro benzene ring substituents is 1. The average molecular weight is 285 g/mol. The molecule has 0 saturated heterocycles. The maximum Gasteiger partial charge on any atom is 0.270 e. The Kier molecular flexibility index (Phi) is 2.93. The number of Topliss-reactive ketones (excluding diaryl/α,β-unsaturated/α-hetero) is 1. The molecule has 0 fully saturated rings. The predicted octanol–water partition coefficient (Wildman–Crippen LogP) is 4.01. The third-order valence-corrected chi connectivity index (χ3v) is 3.79. The summed E-state index contributed by atoms with van der Waals surface area (Å²) in [6.07, 6.45) is 2.69. The van der Waals surface area contributed by atoms with Crippen LogP contribution in [0.2, 0.25) is 0 Å². The molecule has 1 heterocycles. The Hall–Kier alpha value is -2.43. The molecule has 21 heavy (non-hydrogen) atoms. The van der Waals surface area contributed by atoms with Crippen molar-refractivity contribution in [3.8, 4) is 11.1 Å². The molecular formula is C16H15NO4. The van der Waals surface area contributed by atoms with Gasteiger partial charge in [0, 0.05) is 30.5 Å². The number of non-ortho nitro benzene ring substituents is 1. The van der Waals surface area contributed by atoms with E-state index >= 15 is 0 Å². The Labute approximate surface area is 121 Å². The van der Waals surface area contributed by atoms with E-state index in [1.54, 1.807) is 12.1 Å². The van der Waals surface area contributed by atoms with Crippen molar-refractivity contribution in [1.82, 2.24) is 0 Å². The Balaban J connectivity index is 2.10. The van der Waals surface area contributed by atoms with Gasteiger partial charge >= 0.3 is 0 Å². The molecule has 0 atom stereocenters. The fourth-order valence-electron chi connectivity index (χ4n) is 2.85. The summed E-state index contributed by atoms with van der Waals surface area (Å²) in [5.41, 5.74) is 1.76. The average Bonchev–Trinajstić information content (AvgIpc) is 2.81. The molecule has 0 spiro atoms. The maximum atomic E-state index is 12.4. The van der Waals surface area contributed by atoms with Gasteiger partial charge in [0.2, 0.25) is 0 Å². The standard InChI is InChI=1S/C16H15NO4/c1-16(2)7-13(18)15-12(9-21-14(15)8-16)10-4-3-5-11(6-10)17(19)20/h3-6,9H,7-8H2,1-2H3. The number of ketones is 1. The van der Waals surface area contributed by atoms with Crippen molar-refractivity contribution in [3.05, 3.63) is 52.0 Å². The SMILES string of the molecule is CC1(C)CC(=O)c2c(-c3cccc([N+](=O)[O-])c3)coc2C1. The van der Waals surface area contributed by atoms with E-state index in [0.29, 0.717) is 35.3 Å². The van der Waals surface area contributed by atoms with Gasteiger partial charge in [0.25, 0.3) is 5.69 Å². The first-order valence-electron chi connectivity index (χ1n) is 6.76. The van der Waals surface area contributed by atoms with Crippen LogP contribution in [-0.2, 0) is 6.42 Å². The molecule has 1 aromatic heterocycles. The number of carbonyl (C=O) groups is 1. The second-order valence-corrected chi connectivity index (χ2v) is 6.20. The van der Waals surface area contributed by atoms with Gasteiger partial charge in [0.1, 0.15) is 5.76 Å². The van der Waals surface area contributed by atoms with Crippen molar-refractivity contribution in [1.29, 1.82) is 0 Å². The molecule has 3 rings (SSSR count). The number of benzene rings is 1. The molecule has 108 valence electrons. The Bertz CT molecular complexity index is 742. The second kappa shape index (κ2) is 4.55. The molecular weight excluding hydrogens is 270 g/mol. The van der Waals surface area contributed by atoms with Crippen molar-refractivity contribution < 1.29 is 14.1 Å². The molecule has 2 aromatic rings. The molecule has 5 heteroatoms. The third kappa shape index (κ3) is 2.35. The van der Waals surface area contributed by atoms with Gasteiger partial charge in [-0.1, -0.05) is 26.0 Å². The van der Waals surface area contributed by atoms with Crippen molar-refractivity contribution in [2.75, 3.05) is 0 Å². The number of hydrogen-bond donors (Lipinski definition) is 0. The van der Waals surface area contributed by atoms with Crippen molar-refractivity contribution in [2.45, 2.75) is 26.7 Å². The van der Waals surface area contributed by atoms with Crippen LogP contribution >= 0.6 is 0 Å². The smallest absolute Gasteiger partial charge is 0.270 e. The molecule has 1 aliphatic rings. The predicted molar refractivity (Wildman–Crippen MR) is 77.2 cm³/mol. The number of rotatable bonds is 2. The largest absolute Gasteiger partial charge is 0.468 e. The molecule has 1 aromatic carbocycles. The summed E-state index contributed by atoms with van der Waals surface area (Å²) in [4.78, 5) is 22.8. The van der Waals surface area contributed by atoms with Gasteiger partial charge in [-0.2, -0.15) is 0 Å². The summed E-state index contributed by atoms with van der Waals surface area (Å²) in [6, 6.07) is 6.27. The highest BCUT2D eigenvalue weighted by atomic mass is 16.6. The van der Waals surface area contributed by atoms with E-state index in [0.717, 1.165) is 0 Å². The van der Waals surface area contributed by atoms with Crippen LogP contribution in [-0.4, -0.2) is 10.7 Å². The Morgan fingerprint density at radius 3 is 2.76 bits per heavy atom. The molecule has 0 amide bonds. The third-order valence-electron chi connectivity index (χ3n) is 3.79. The van der Waals surface area contributed by atoms with Crippen LogP contribution in [0.15, 0.2) is 34.9 Å². The lowest BCUT2D eigenvalue weighted by Crippen LogP contribution is -2.26. The van der Waals surface area contributed by atoms with Gasteiger partial charge in [-0.15, -0.1) is 0 Å². The Morgan fingerprint density at radius 1 is 1.29 bits per heavy atom. The van der Waals surface area contributed by atoms with Gasteiger partial charge in [0.15, 0.2) is 5.78 Å². The molecule has 0 unspecified atom stereocenters. The summed E-state index contributed by atoms with van der Waals surface area (Å²) >= 11 is 0. The van der Waals surface area contributed by atoms with E-state index in [-0.39, 0.29) is 16.9 Å². The van der Waals surface area contributed by atoms with Crippen LogP contribution in [0, 0.1) is 15.5 Å². The van der Waals surface area contributed by atoms with E-state index in [4.69, 9.17) is 4.42 Å². The minimum atomic E-state index is -0.443. The molecule has 0 radical (unpaired) electrons. The van der Waals surface area contributed by atoms with Crippen LogP contribution < -0.4 is 0 Å². The zero-order valence-corrected chi connectivity index (χ0v) is 11.9. The number of fused-ring (bicyclic) bond motifs is 1. The van der Waals surface area contributed by atoms with Crippen molar-refractivity contribution in [3.63, 3.8) is 0 Å². The lowest BCUT2D eigenvalue weighted by atomic mass is 9.75. The zero-order chi connectivity index (χ0) is 15.2. The minimum absolute atomic E-state index is 0.00559. The van der Waals surface area contributed by atoms with Crippen molar-refractivity contribution >= 4 is 11.5 Å². The number of carbonyl (C=O) groups excluding carboxylic acids is 1. The highest BCUT2D eigenvalue weighted by Crippen LogP contribution is 2.40. The molecule has 1 aliphatic carbocycles. The van der Waals surface area contributed by atoms with Crippen LogP contribution in [0.1, 0.15) is 36.4 Å². The van der Waals surface area contributed by atoms with Crippen LogP contribution in [0.3, 0.4) is 0 Å². The van der Waals surface area contributed by atoms with Gasteiger partial charge < -0.3 is 4.42 Å². The van der Waals surface area contributed by atoms with E-state index in [9.17, 15) is 14.9 Å². The molecule has 0 saturated carbocycles. The highest BCUT2D eigenvalue weighted by molar-refractivity contribution is 6.04. The molecule has 0 N–H and O–H groups in total. The summed E-state index contributed by atoms with van der Waals surface area (Å²) in [7, 11) is 0. The van der Waals surface area contributed by atoms with Gasteiger partial charge in [0.05, 0.1) is 16.7 Å². The lowest BCUT2D eigenvalue weighted by Gasteiger charge is -2.27. The summed E-state index contributed by atoms with van der Waals surface area (Å²) < 4.78 is 5.56. The van der Waals surface area contributed by atoms with E-state index in [1.807, 2.05) is 13.8 Å². The fourth-order valence-corrected chi connectivity index (χ4v) is 2.85. The fraction of sp³-hybridized carbons (Fsp3) is 0.312. The number of hydrogen-bond acceptors (Lipinski definition) is 4. The minimum Gasteiger partial charge on any atom is -0.468 e. The second-order valence-electron chi connectivity index (χ2n) is 6.20. The topological polar surface area (TPSA) is 73.3 Å². The zero-order valence-electron chi connectivity index (χ0n) is 11.9. The van der Waals surface area contributed by atoms with Gasteiger partial charge in [-0.25, -0.2) is 0 Å². The Morgan fingerprint density at radius 2 is 2.05 bits per heavy atom. The molecule has 0 bridgehead atoms. The first-order valence-corrected chi connectivity index (χ1v) is 6.76. The maximum absolute atomic E-state index is 12.4. The highest BCUT2D eigenvalue weighted by Gasteiger charge is 2.35. The van der Waals surface area contributed by atoms with Gasteiger partial charge in [-0.3, -0.25) is 14.9 Å². The van der Waals surface area contributed by atoms with Gasteiger partial charge in [-0.05, 0) is 11.0 Å².